The van der Waals surface area contributed by atoms with E-state index in [4.69, 9.17) is 0 Å². The van der Waals surface area contributed by atoms with E-state index < -0.39 is 10.0 Å². The Labute approximate surface area is 132 Å². The van der Waals surface area contributed by atoms with Crippen LogP contribution in [0.1, 0.15) is 22.8 Å². The van der Waals surface area contributed by atoms with Crippen molar-refractivity contribution in [2.75, 3.05) is 4.72 Å². The Morgan fingerprint density at radius 1 is 1.14 bits per heavy atom. The van der Waals surface area contributed by atoms with E-state index in [1.54, 1.807) is 36.4 Å². The van der Waals surface area contributed by atoms with Gasteiger partial charge in [0, 0.05) is 10.0 Å². The Morgan fingerprint density at radius 2 is 1.81 bits per heavy atom. The lowest BCUT2D eigenvalue weighted by Crippen LogP contribution is -2.15. The van der Waals surface area contributed by atoms with Crippen molar-refractivity contribution in [3.63, 3.8) is 0 Å². The summed E-state index contributed by atoms with van der Waals surface area (Å²) in [5.41, 5.74) is 1.44. The summed E-state index contributed by atoms with van der Waals surface area (Å²) >= 11 is 3.33. The number of hydrogen-bond acceptors (Lipinski definition) is 3. The highest BCUT2D eigenvalue weighted by molar-refractivity contribution is 9.10. The van der Waals surface area contributed by atoms with E-state index >= 15 is 0 Å². The summed E-state index contributed by atoms with van der Waals surface area (Å²) < 4.78 is 28.1. The number of benzene rings is 2. The molecule has 2 aromatic rings. The van der Waals surface area contributed by atoms with Gasteiger partial charge in [0.1, 0.15) is 0 Å². The second-order valence-electron chi connectivity index (χ2n) is 4.62. The molecule has 1 N–H and O–H groups in total. The first kappa shape index (κ1) is 15.7. The highest BCUT2D eigenvalue weighted by Gasteiger charge is 2.17. The van der Waals surface area contributed by atoms with Crippen molar-refractivity contribution in [3.8, 4) is 0 Å². The van der Waals surface area contributed by atoms with Gasteiger partial charge in [-0.25, -0.2) is 8.42 Å². The third kappa shape index (κ3) is 3.51. The van der Waals surface area contributed by atoms with Crippen LogP contribution in [0.15, 0.2) is 51.8 Å². The molecule has 0 aliphatic carbocycles. The highest BCUT2D eigenvalue weighted by atomic mass is 79.9. The van der Waals surface area contributed by atoms with Crippen LogP contribution in [-0.2, 0) is 10.0 Å². The van der Waals surface area contributed by atoms with Crippen LogP contribution in [-0.4, -0.2) is 14.2 Å². The molecule has 0 aliphatic rings. The van der Waals surface area contributed by atoms with E-state index in [0.717, 1.165) is 10.0 Å². The number of carbonyl (C=O) groups excluding carboxylic acids is 1. The molecule has 0 saturated heterocycles. The third-order valence-electron chi connectivity index (χ3n) is 2.99. The molecule has 2 aromatic carbocycles. The van der Waals surface area contributed by atoms with Gasteiger partial charge < -0.3 is 0 Å². The maximum atomic E-state index is 12.4. The summed E-state index contributed by atoms with van der Waals surface area (Å²) in [5, 5.41) is 0. The van der Waals surface area contributed by atoms with E-state index in [2.05, 4.69) is 20.7 Å². The van der Waals surface area contributed by atoms with Crippen molar-refractivity contribution in [1.29, 1.82) is 0 Å². The van der Waals surface area contributed by atoms with Gasteiger partial charge >= 0.3 is 0 Å². The fourth-order valence-electron chi connectivity index (χ4n) is 1.87. The molecule has 0 unspecified atom stereocenters. The van der Waals surface area contributed by atoms with Crippen molar-refractivity contribution < 1.29 is 13.2 Å². The van der Waals surface area contributed by atoms with E-state index in [-0.39, 0.29) is 16.4 Å². The number of sulfonamides is 1. The van der Waals surface area contributed by atoms with E-state index in [1.165, 1.54) is 13.0 Å². The number of hydrogen-bond donors (Lipinski definition) is 1. The van der Waals surface area contributed by atoms with Gasteiger partial charge in [-0.15, -0.1) is 0 Å². The largest absolute Gasteiger partial charge is 0.294 e. The van der Waals surface area contributed by atoms with Gasteiger partial charge in [-0.3, -0.25) is 9.52 Å². The molecule has 0 spiro atoms. The van der Waals surface area contributed by atoms with Gasteiger partial charge in [0.15, 0.2) is 5.78 Å². The van der Waals surface area contributed by atoms with Gasteiger partial charge in [-0.05, 0) is 49.7 Å². The maximum absolute atomic E-state index is 12.4. The summed E-state index contributed by atoms with van der Waals surface area (Å²) in [4.78, 5) is 11.7. The van der Waals surface area contributed by atoms with Crippen molar-refractivity contribution >= 4 is 37.4 Å². The first-order valence-electron chi connectivity index (χ1n) is 6.20. The lowest BCUT2D eigenvalue weighted by molar-refractivity contribution is 0.101. The smallest absolute Gasteiger partial charge is 0.261 e. The molecule has 0 heterocycles. The minimum Gasteiger partial charge on any atom is -0.294 e. The SMILES string of the molecule is CC(=O)c1ccccc1NS(=O)(=O)c1ccc(Br)c(C)c1. The van der Waals surface area contributed by atoms with Crippen molar-refractivity contribution in [2.45, 2.75) is 18.7 Å². The molecule has 0 saturated carbocycles. The molecule has 6 heteroatoms. The number of anilines is 1. The Bertz CT molecular complexity index is 800. The minimum absolute atomic E-state index is 0.154. The minimum atomic E-state index is -3.73. The van der Waals surface area contributed by atoms with Crippen LogP contribution in [0.2, 0.25) is 0 Å². The van der Waals surface area contributed by atoms with Gasteiger partial charge in [-0.1, -0.05) is 28.1 Å². The predicted molar refractivity (Wildman–Crippen MR) is 86.1 cm³/mol. The second kappa shape index (κ2) is 5.99. The lowest BCUT2D eigenvalue weighted by atomic mass is 10.1. The van der Waals surface area contributed by atoms with Crippen molar-refractivity contribution in [1.82, 2.24) is 0 Å². The molecule has 0 aromatic heterocycles. The van der Waals surface area contributed by atoms with Crippen LogP contribution >= 0.6 is 15.9 Å². The molecular formula is C15H14BrNO3S. The number of para-hydroxylation sites is 1. The first-order valence-corrected chi connectivity index (χ1v) is 8.48. The van der Waals surface area contributed by atoms with Crippen LogP contribution in [0.25, 0.3) is 0 Å². The number of ketones is 1. The third-order valence-corrected chi connectivity index (χ3v) is 5.24. The number of halogens is 1. The van der Waals surface area contributed by atoms with Gasteiger partial charge in [-0.2, -0.15) is 0 Å². The monoisotopic (exact) mass is 367 g/mol. The normalized spacial score (nSPS) is 11.2. The molecule has 2 rings (SSSR count). The highest BCUT2D eigenvalue weighted by Crippen LogP contribution is 2.23. The Kier molecular flexibility index (Phi) is 4.49. The fraction of sp³-hybridized carbons (Fsp3) is 0.133. The number of carbonyl (C=O) groups is 1. The average Bonchev–Trinajstić information content (AvgIpc) is 2.41. The number of aryl methyl sites for hydroxylation is 1. The van der Waals surface area contributed by atoms with Gasteiger partial charge in [0.2, 0.25) is 0 Å². The summed E-state index contributed by atoms with van der Waals surface area (Å²) in [7, 11) is -3.73. The Morgan fingerprint density at radius 3 is 2.43 bits per heavy atom. The van der Waals surface area contributed by atoms with Gasteiger partial charge in [0.05, 0.1) is 10.6 Å². The molecule has 0 fully saturated rings. The van der Waals surface area contributed by atoms with Crippen LogP contribution < -0.4 is 4.72 Å². The van der Waals surface area contributed by atoms with Crippen molar-refractivity contribution in [2.24, 2.45) is 0 Å². The molecule has 4 nitrogen and oxygen atoms in total. The van der Waals surface area contributed by atoms with Crippen LogP contribution in [0.4, 0.5) is 5.69 Å². The summed E-state index contributed by atoms with van der Waals surface area (Å²) in [6.45, 7) is 3.21. The zero-order chi connectivity index (χ0) is 15.6. The fourth-order valence-corrected chi connectivity index (χ4v) is 3.28. The number of nitrogens with one attached hydrogen (secondary N) is 1. The molecular weight excluding hydrogens is 354 g/mol. The van der Waals surface area contributed by atoms with Crippen LogP contribution in [0.5, 0.6) is 0 Å². The molecule has 0 atom stereocenters. The van der Waals surface area contributed by atoms with E-state index in [9.17, 15) is 13.2 Å². The summed E-state index contributed by atoms with van der Waals surface area (Å²) in [6.07, 6.45) is 0. The quantitative estimate of drug-likeness (QED) is 0.836. The zero-order valence-corrected chi connectivity index (χ0v) is 14.0. The second-order valence-corrected chi connectivity index (χ2v) is 7.15. The van der Waals surface area contributed by atoms with Crippen LogP contribution in [0.3, 0.4) is 0 Å². The number of Topliss-reactive ketones (excluding diaryl/α,β-unsaturated/α-hetero) is 1. The zero-order valence-electron chi connectivity index (χ0n) is 11.6. The maximum Gasteiger partial charge on any atom is 0.261 e. The Balaban J connectivity index is 2.42. The molecule has 110 valence electrons. The van der Waals surface area contributed by atoms with E-state index in [1.807, 2.05) is 6.92 Å². The van der Waals surface area contributed by atoms with Crippen molar-refractivity contribution in [3.05, 3.63) is 58.1 Å². The number of rotatable bonds is 4. The predicted octanol–water partition coefficient (Wildman–Crippen LogP) is 3.76. The standard InChI is InChI=1S/C15H14BrNO3S/c1-10-9-12(7-8-14(10)16)21(19,20)17-15-6-4-3-5-13(15)11(2)18/h3-9,17H,1-2H3. The molecule has 0 amide bonds. The van der Waals surface area contributed by atoms with Gasteiger partial charge in [0.25, 0.3) is 10.0 Å². The average molecular weight is 368 g/mol. The van der Waals surface area contributed by atoms with Crippen LogP contribution in [0, 0.1) is 6.92 Å². The summed E-state index contributed by atoms with van der Waals surface area (Å²) in [6, 6.07) is 11.3. The van der Waals surface area contributed by atoms with E-state index in [0.29, 0.717) is 5.56 Å². The molecule has 21 heavy (non-hydrogen) atoms. The Hall–Kier alpha value is -1.66. The molecule has 0 bridgehead atoms. The first-order chi connectivity index (χ1) is 9.81. The molecule has 0 aliphatic heterocycles. The lowest BCUT2D eigenvalue weighted by Gasteiger charge is -2.11. The summed E-state index contributed by atoms with van der Waals surface area (Å²) in [5.74, 6) is -0.194. The topological polar surface area (TPSA) is 63.2 Å². The molecule has 0 radical (unpaired) electrons.